The van der Waals surface area contributed by atoms with Crippen molar-refractivity contribution >= 4 is 5.84 Å². The summed E-state index contributed by atoms with van der Waals surface area (Å²) in [5, 5.41) is 0. The third-order valence-electron chi connectivity index (χ3n) is 2.19. The number of amidine groups is 1. The molecule has 0 aromatic carbocycles. The van der Waals surface area contributed by atoms with Gasteiger partial charge in [0.1, 0.15) is 0 Å². The van der Waals surface area contributed by atoms with E-state index in [-0.39, 0.29) is 0 Å². The van der Waals surface area contributed by atoms with E-state index in [0.717, 1.165) is 5.92 Å². The van der Waals surface area contributed by atoms with E-state index in [9.17, 15) is 0 Å². The minimum atomic E-state index is 0.750. The van der Waals surface area contributed by atoms with E-state index in [1.54, 1.807) is 0 Å². The highest BCUT2D eigenvalue weighted by Gasteiger charge is 2.30. The van der Waals surface area contributed by atoms with Gasteiger partial charge < -0.3 is 0 Å². The Bertz CT molecular complexity index is 145. The topological polar surface area (TPSA) is 6.25 Å². The first-order valence-corrected chi connectivity index (χ1v) is 3.88. The molecule has 0 N–H and O–H groups in total. The normalized spacial score (nSPS) is 25.8. The summed E-state index contributed by atoms with van der Waals surface area (Å²) in [6, 6.07) is 0. The summed E-state index contributed by atoms with van der Waals surface area (Å²) in [5.74, 6) is 2.22. The summed E-state index contributed by atoms with van der Waals surface area (Å²) in [7, 11) is 6.40. The monoisotopic (exact) mass is 141 g/mol. The van der Waals surface area contributed by atoms with Crippen molar-refractivity contribution in [3.8, 4) is 0 Å². The van der Waals surface area contributed by atoms with Crippen LogP contribution in [0.25, 0.3) is 0 Å². The predicted octanol–water partition coefficient (Wildman–Crippen LogP) is 0.629. The van der Waals surface area contributed by atoms with Gasteiger partial charge in [-0.2, -0.15) is 0 Å². The van der Waals surface area contributed by atoms with Crippen LogP contribution in [0.5, 0.6) is 0 Å². The molecule has 1 unspecified atom stereocenters. The first-order chi connectivity index (χ1) is 4.63. The molecule has 1 saturated heterocycles. The number of hydrogen-bond acceptors (Lipinski definition) is 0. The second-order valence-electron chi connectivity index (χ2n) is 3.36. The molecular formula is C8H17N2+. The molecule has 0 spiro atoms. The van der Waals surface area contributed by atoms with Crippen LogP contribution in [0.15, 0.2) is 0 Å². The summed E-state index contributed by atoms with van der Waals surface area (Å²) in [6.45, 7) is 3.51. The third kappa shape index (κ3) is 1.15. The lowest BCUT2D eigenvalue weighted by atomic mass is 10.1. The maximum Gasteiger partial charge on any atom is 0.249 e. The number of rotatable bonds is 0. The molecule has 2 nitrogen and oxygen atoms in total. The molecule has 1 aliphatic heterocycles. The van der Waals surface area contributed by atoms with Crippen LogP contribution in [0, 0.1) is 5.92 Å². The van der Waals surface area contributed by atoms with E-state index in [1.807, 2.05) is 0 Å². The van der Waals surface area contributed by atoms with Crippen molar-refractivity contribution in [3.63, 3.8) is 0 Å². The maximum atomic E-state index is 2.34. The largest absolute Gasteiger partial charge is 0.271 e. The lowest BCUT2D eigenvalue weighted by Gasteiger charge is -2.07. The van der Waals surface area contributed by atoms with E-state index >= 15 is 0 Å². The Kier molecular flexibility index (Phi) is 1.97. The van der Waals surface area contributed by atoms with E-state index < -0.39 is 0 Å². The van der Waals surface area contributed by atoms with E-state index in [0.29, 0.717) is 0 Å². The second-order valence-corrected chi connectivity index (χ2v) is 3.36. The average Bonchev–Trinajstić information content (AvgIpc) is 2.11. The molecule has 0 aromatic rings. The zero-order valence-corrected chi connectivity index (χ0v) is 7.39. The van der Waals surface area contributed by atoms with Crippen molar-refractivity contribution in [1.82, 2.24) is 4.90 Å². The fraction of sp³-hybridized carbons (Fsp3) is 0.875. The van der Waals surface area contributed by atoms with Crippen molar-refractivity contribution in [1.29, 1.82) is 0 Å². The zero-order chi connectivity index (χ0) is 7.72. The number of likely N-dealkylation sites (tertiary alicyclic amines) is 1. The minimum Gasteiger partial charge on any atom is -0.271 e. The Balaban J connectivity index is 2.82. The summed E-state index contributed by atoms with van der Waals surface area (Å²) in [6.07, 6.45) is 1.31. The van der Waals surface area contributed by atoms with Crippen molar-refractivity contribution in [2.24, 2.45) is 5.92 Å². The van der Waals surface area contributed by atoms with Gasteiger partial charge in [-0.15, -0.1) is 0 Å². The maximum absolute atomic E-state index is 2.34. The molecule has 1 fully saturated rings. The van der Waals surface area contributed by atoms with Gasteiger partial charge in [0, 0.05) is 0 Å². The Labute approximate surface area is 63.2 Å². The molecule has 1 atom stereocenters. The van der Waals surface area contributed by atoms with Crippen LogP contribution in [0.1, 0.15) is 13.3 Å². The van der Waals surface area contributed by atoms with Gasteiger partial charge in [0.05, 0.1) is 33.6 Å². The molecule has 0 aromatic heterocycles. The lowest BCUT2D eigenvalue weighted by Crippen LogP contribution is -2.29. The van der Waals surface area contributed by atoms with Crippen LogP contribution in [0.2, 0.25) is 0 Å². The lowest BCUT2D eigenvalue weighted by molar-refractivity contribution is -0.471. The molecule has 58 valence electrons. The van der Waals surface area contributed by atoms with Gasteiger partial charge in [-0.1, -0.05) is 6.92 Å². The third-order valence-corrected chi connectivity index (χ3v) is 2.19. The van der Waals surface area contributed by atoms with Crippen LogP contribution in [-0.4, -0.2) is 43.0 Å². The van der Waals surface area contributed by atoms with Crippen LogP contribution < -0.4 is 0 Å². The Morgan fingerprint density at radius 1 is 1.50 bits per heavy atom. The Morgan fingerprint density at radius 2 is 2.10 bits per heavy atom. The summed E-state index contributed by atoms with van der Waals surface area (Å²) < 4.78 is 2.22. The van der Waals surface area contributed by atoms with E-state index in [1.165, 1.54) is 18.8 Å². The Hall–Kier alpha value is -0.530. The molecule has 0 saturated carbocycles. The van der Waals surface area contributed by atoms with Gasteiger partial charge in [-0.25, -0.2) is 0 Å². The highest BCUT2D eigenvalue weighted by molar-refractivity contribution is 5.81. The summed E-state index contributed by atoms with van der Waals surface area (Å²) >= 11 is 0. The van der Waals surface area contributed by atoms with Crippen molar-refractivity contribution < 1.29 is 4.58 Å². The van der Waals surface area contributed by atoms with Crippen LogP contribution >= 0.6 is 0 Å². The van der Waals surface area contributed by atoms with Crippen LogP contribution in [0.4, 0.5) is 0 Å². The zero-order valence-electron chi connectivity index (χ0n) is 7.39. The first kappa shape index (κ1) is 7.58. The quantitative estimate of drug-likeness (QED) is 0.448. The van der Waals surface area contributed by atoms with Gasteiger partial charge in [0.2, 0.25) is 5.84 Å². The standard InChI is InChI=1S/C8H17N2/c1-7-5-6-10(4)8(7)9(2)3/h7H,5-6H2,1-4H3/q+1. The Morgan fingerprint density at radius 3 is 2.30 bits per heavy atom. The minimum absolute atomic E-state index is 0.750. The smallest absolute Gasteiger partial charge is 0.249 e. The van der Waals surface area contributed by atoms with Crippen molar-refractivity contribution in [2.75, 3.05) is 27.7 Å². The molecule has 1 rings (SSSR count). The van der Waals surface area contributed by atoms with Crippen LogP contribution in [-0.2, 0) is 0 Å². The molecule has 1 aliphatic rings. The molecule has 0 bridgehead atoms. The van der Waals surface area contributed by atoms with Crippen molar-refractivity contribution in [2.45, 2.75) is 13.3 Å². The summed E-state index contributed by atoms with van der Waals surface area (Å²) in [4.78, 5) is 2.34. The molecule has 1 heterocycles. The van der Waals surface area contributed by atoms with Crippen LogP contribution in [0.3, 0.4) is 0 Å². The van der Waals surface area contributed by atoms with Gasteiger partial charge in [0.15, 0.2) is 0 Å². The van der Waals surface area contributed by atoms with Gasteiger partial charge in [-0.05, 0) is 6.42 Å². The molecule has 2 heteroatoms. The predicted molar refractivity (Wildman–Crippen MR) is 43.5 cm³/mol. The molecule has 0 aliphatic carbocycles. The van der Waals surface area contributed by atoms with Gasteiger partial charge in [-0.3, -0.25) is 9.48 Å². The van der Waals surface area contributed by atoms with Crippen molar-refractivity contribution in [3.05, 3.63) is 0 Å². The SMILES string of the molecule is CC1CCN(C)C1=[N+](C)C. The average molecular weight is 141 g/mol. The van der Waals surface area contributed by atoms with E-state index in [2.05, 4.69) is 37.5 Å². The van der Waals surface area contributed by atoms with E-state index in [4.69, 9.17) is 0 Å². The molecular weight excluding hydrogens is 124 g/mol. The molecule has 0 amide bonds. The first-order valence-electron chi connectivity index (χ1n) is 3.88. The number of hydrogen-bond donors (Lipinski definition) is 0. The summed E-state index contributed by atoms with van der Waals surface area (Å²) in [5.41, 5.74) is 0. The van der Waals surface area contributed by atoms with Gasteiger partial charge in [0.25, 0.3) is 0 Å². The highest BCUT2D eigenvalue weighted by Crippen LogP contribution is 2.15. The second kappa shape index (κ2) is 2.60. The molecule has 10 heavy (non-hydrogen) atoms. The fourth-order valence-electron chi connectivity index (χ4n) is 1.79. The number of nitrogens with zero attached hydrogens (tertiary/aromatic N) is 2. The van der Waals surface area contributed by atoms with Gasteiger partial charge >= 0.3 is 0 Å². The molecule has 0 radical (unpaired) electrons. The fourth-order valence-corrected chi connectivity index (χ4v) is 1.79. The highest BCUT2D eigenvalue weighted by atomic mass is 15.2.